The Bertz CT molecular complexity index is 1500. The van der Waals surface area contributed by atoms with Crippen molar-refractivity contribution in [1.82, 2.24) is 10.3 Å². The maximum atomic E-state index is 13.3. The summed E-state index contributed by atoms with van der Waals surface area (Å²) in [6, 6.07) is 16.6. The van der Waals surface area contributed by atoms with Crippen LogP contribution in [-0.4, -0.2) is 42.5 Å². The van der Waals surface area contributed by atoms with Crippen molar-refractivity contribution in [1.29, 1.82) is 0 Å². The van der Waals surface area contributed by atoms with E-state index in [2.05, 4.69) is 10.3 Å². The molecule has 1 aromatic heterocycles. The number of fused-ring (bicyclic) bond motifs is 3. The lowest BCUT2D eigenvalue weighted by Crippen LogP contribution is -2.41. The number of aromatic nitrogens is 1. The van der Waals surface area contributed by atoms with Gasteiger partial charge in [0.2, 0.25) is 0 Å². The van der Waals surface area contributed by atoms with E-state index in [-0.39, 0.29) is 30.1 Å². The largest absolute Gasteiger partial charge is 0.492 e. The van der Waals surface area contributed by atoms with E-state index in [0.717, 1.165) is 28.3 Å². The minimum Gasteiger partial charge on any atom is -0.449 e. The summed E-state index contributed by atoms with van der Waals surface area (Å²) in [5.74, 6) is -0.144. The van der Waals surface area contributed by atoms with Gasteiger partial charge in [-0.15, -0.1) is 0 Å². The summed E-state index contributed by atoms with van der Waals surface area (Å²) < 4.78 is 57.7. The maximum absolute atomic E-state index is 13.3. The number of alkyl halides is 3. The van der Waals surface area contributed by atoms with Crippen LogP contribution < -0.4 is 10.9 Å². The molecule has 1 amide bonds. The van der Waals surface area contributed by atoms with E-state index in [0.29, 0.717) is 6.20 Å². The summed E-state index contributed by atoms with van der Waals surface area (Å²) in [5, 5.41) is 2.65. The Balaban J connectivity index is 1.35. The first-order valence-electron chi connectivity index (χ1n) is 13.2. The minimum absolute atomic E-state index is 0.0860. The number of carbonyl (C=O) groups excluding carboxylic acids is 1. The molecule has 214 valence electrons. The zero-order valence-electron chi connectivity index (χ0n) is 23.1. The number of pyridine rings is 1. The first kappa shape index (κ1) is 28.7. The Labute approximate surface area is 235 Å². The minimum atomic E-state index is -4.66. The molecule has 0 spiro atoms. The molecule has 0 unspecified atom stereocenters. The molecule has 7 nitrogen and oxygen atoms in total. The van der Waals surface area contributed by atoms with Crippen molar-refractivity contribution < 1.29 is 32.0 Å². The van der Waals surface area contributed by atoms with Crippen molar-refractivity contribution in [2.24, 2.45) is 0 Å². The zero-order chi connectivity index (χ0) is 29.6. The molecule has 0 saturated carbocycles. The summed E-state index contributed by atoms with van der Waals surface area (Å²) in [6.07, 6.45) is -3.52. The lowest BCUT2D eigenvalue weighted by molar-refractivity contribution is -0.137. The van der Waals surface area contributed by atoms with Gasteiger partial charge in [-0.2, -0.15) is 13.2 Å². The van der Waals surface area contributed by atoms with Gasteiger partial charge in [0.25, 0.3) is 5.56 Å². The predicted octanol–water partition coefficient (Wildman–Crippen LogP) is 5.95. The average molecular weight is 566 g/mol. The van der Waals surface area contributed by atoms with Crippen molar-refractivity contribution in [2.45, 2.75) is 51.0 Å². The quantitative estimate of drug-likeness (QED) is 0.360. The fourth-order valence-corrected chi connectivity index (χ4v) is 4.99. The van der Waals surface area contributed by atoms with Gasteiger partial charge in [-0.25, -0.2) is 4.79 Å². The molecular weight excluding hydrogens is 536 g/mol. The molecular formula is C30H30BF3N2O5. The van der Waals surface area contributed by atoms with Crippen LogP contribution in [0.2, 0.25) is 0 Å². The maximum Gasteiger partial charge on any atom is 0.492 e. The number of ether oxygens (including phenoxy) is 1. The number of hydrogen-bond donors (Lipinski definition) is 2. The highest BCUT2D eigenvalue weighted by atomic mass is 19.4. The van der Waals surface area contributed by atoms with Crippen molar-refractivity contribution in [3.8, 4) is 11.1 Å². The Morgan fingerprint density at radius 1 is 1.02 bits per heavy atom. The first-order chi connectivity index (χ1) is 19.3. The summed E-state index contributed by atoms with van der Waals surface area (Å²) in [4.78, 5) is 27.4. The van der Waals surface area contributed by atoms with Gasteiger partial charge in [0, 0.05) is 24.2 Å². The number of hydrogen-bond acceptors (Lipinski definition) is 5. The molecule has 3 aromatic rings. The normalized spacial score (nSPS) is 17.7. The second-order valence-corrected chi connectivity index (χ2v) is 11.2. The topological polar surface area (TPSA) is 89.7 Å². The van der Waals surface area contributed by atoms with Crippen LogP contribution in [0.3, 0.4) is 0 Å². The molecule has 1 fully saturated rings. The third-order valence-electron chi connectivity index (χ3n) is 7.94. The van der Waals surface area contributed by atoms with Gasteiger partial charge < -0.3 is 24.3 Å². The number of alkyl carbamates (subject to hydrolysis) is 1. The van der Waals surface area contributed by atoms with Crippen molar-refractivity contribution in [3.63, 3.8) is 0 Å². The van der Waals surface area contributed by atoms with Crippen molar-refractivity contribution in [2.75, 3.05) is 13.2 Å². The van der Waals surface area contributed by atoms with E-state index in [1.165, 1.54) is 6.08 Å². The third-order valence-corrected chi connectivity index (χ3v) is 7.94. The molecule has 5 rings (SSSR count). The molecule has 1 saturated heterocycles. The number of halogens is 3. The van der Waals surface area contributed by atoms with Crippen LogP contribution in [0.25, 0.3) is 17.2 Å². The first-order valence-corrected chi connectivity index (χ1v) is 13.2. The van der Waals surface area contributed by atoms with Gasteiger partial charge in [-0.05, 0) is 61.5 Å². The van der Waals surface area contributed by atoms with Crippen molar-refractivity contribution >= 4 is 19.3 Å². The van der Waals surface area contributed by atoms with Crippen molar-refractivity contribution in [3.05, 3.63) is 98.9 Å². The van der Waals surface area contributed by atoms with Crippen LogP contribution in [-0.2, 0) is 20.2 Å². The summed E-state index contributed by atoms with van der Waals surface area (Å²) in [6.45, 7) is 7.18. The molecule has 0 radical (unpaired) electrons. The number of benzene rings is 2. The highest BCUT2D eigenvalue weighted by Crippen LogP contribution is 2.44. The van der Waals surface area contributed by atoms with E-state index in [1.54, 1.807) is 0 Å². The number of amides is 1. The third kappa shape index (κ3) is 5.69. The van der Waals surface area contributed by atoms with Gasteiger partial charge in [0.15, 0.2) is 0 Å². The monoisotopic (exact) mass is 566 g/mol. The highest BCUT2D eigenvalue weighted by molar-refractivity contribution is 6.56. The molecule has 1 aliphatic carbocycles. The number of carbonyl (C=O) groups is 1. The Hall–Kier alpha value is -3.83. The second-order valence-electron chi connectivity index (χ2n) is 11.2. The fourth-order valence-electron chi connectivity index (χ4n) is 4.99. The molecule has 41 heavy (non-hydrogen) atoms. The number of nitrogens with one attached hydrogen (secondary N) is 2. The van der Waals surface area contributed by atoms with E-state index < -0.39 is 41.7 Å². The van der Waals surface area contributed by atoms with Crippen LogP contribution in [0, 0.1) is 0 Å². The van der Waals surface area contributed by atoms with Crippen LogP contribution in [0.4, 0.5) is 18.0 Å². The molecule has 2 aromatic carbocycles. The highest BCUT2D eigenvalue weighted by Gasteiger charge is 2.52. The molecule has 1 aliphatic heterocycles. The standard InChI is InChI=1S/C30H30BF3N2O5/c1-28(2)29(3,4)41-31(40-28)20(14-18-13-19(30(32,33)34)15-35-26(18)37)16-36-27(38)39-17-25-23-11-7-5-9-21(23)22-10-6-8-12-24(22)25/h5-15,25H,16-17H2,1-4H3,(H,35,37)(H,36,38). The van der Waals surface area contributed by atoms with E-state index in [9.17, 15) is 22.8 Å². The molecule has 0 atom stereocenters. The molecule has 0 bridgehead atoms. The summed E-state index contributed by atoms with van der Waals surface area (Å²) in [5.41, 5.74) is 1.03. The molecule has 2 N–H and O–H groups in total. The van der Waals surface area contributed by atoms with E-state index in [1.807, 2.05) is 76.2 Å². The summed E-state index contributed by atoms with van der Waals surface area (Å²) in [7, 11) is -1.03. The second kappa shape index (κ2) is 10.5. The lowest BCUT2D eigenvalue weighted by atomic mass is 9.77. The van der Waals surface area contributed by atoms with Crippen LogP contribution >= 0.6 is 0 Å². The Morgan fingerprint density at radius 3 is 2.15 bits per heavy atom. The van der Waals surface area contributed by atoms with E-state index >= 15 is 0 Å². The number of rotatable bonds is 6. The van der Waals surface area contributed by atoms with Gasteiger partial charge in [0.05, 0.1) is 16.8 Å². The van der Waals surface area contributed by atoms with Gasteiger partial charge in [0.1, 0.15) is 6.61 Å². The van der Waals surface area contributed by atoms with Gasteiger partial charge in [-0.3, -0.25) is 4.79 Å². The Morgan fingerprint density at radius 2 is 1.59 bits per heavy atom. The number of H-pyrrole nitrogens is 1. The molecule has 2 aliphatic rings. The van der Waals surface area contributed by atoms with E-state index in [4.69, 9.17) is 14.0 Å². The van der Waals surface area contributed by atoms with Crippen LogP contribution in [0.5, 0.6) is 0 Å². The molecule has 2 heterocycles. The molecule has 11 heteroatoms. The zero-order valence-corrected chi connectivity index (χ0v) is 23.1. The predicted molar refractivity (Wildman–Crippen MR) is 149 cm³/mol. The number of aromatic amines is 1. The van der Waals surface area contributed by atoms with Crippen LogP contribution in [0.15, 0.2) is 71.1 Å². The van der Waals surface area contributed by atoms with Crippen LogP contribution in [0.1, 0.15) is 55.9 Å². The van der Waals surface area contributed by atoms with Gasteiger partial charge in [-0.1, -0.05) is 54.6 Å². The van der Waals surface area contributed by atoms with Gasteiger partial charge >= 0.3 is 19.4 Å². The fraction of sp³-hybridized carbons (Fsp3) is 0.333. The average Bonchev–Trinajstić information content (AvgIpc) is 3.34. The Kier molecular flexibility index (Phi) is 7.37. The SMILES string of the molecule is CC1(C)OB(C(=Cc2cc(C(F)(F)F)c[nH]c2=O)CNC(=O)OCC2c3ccccc3-c3ccccc32)OC1(C)C. The summed E-state index contributed by atoms with van der Waals surface area (Å²) >= 11 is 0. The lowest BCUT2D eigenvalue weighted by Gasteiger charge is -2.32. The smallest absolute Gasteiger partial charge is 0.449 e.